The number of nitrogens with zero attached hydrogens (tertiary/aromatic N) is 4. The molecule has 0 spiro atoms. The Labute approximate surface area is 121 Å². The monoisotopic (exact) mass is 338 g/mol. The molecule has 0 atom stereocenters. The maximum atomic E-state index is 12.3. The zero-order valence-electron chi connectivity index (χ0n) is 9.84. The molecule has 3 rings (SSSR count). The highest BCUT2D eigenvalue weighted by atomic mass is 79.9. The number of halogens is 2. The van der Waals surface area contributed by atoms with E-state index in [9.17, 15) is 4.79 Å². The second kappa shape index (κ2) is 4.47. The van der Waals surface area contributed by atoms with E-state index in [0.717, 1.165) is 15.5 Å². The molecule has 0 radical (unpaired) electrons. The SMILES string of the molecule is Cn1c(=O)n(-c2ccnc(Cl)n2)c2ccc(Br)cc21. The van der Waals surface area contributed by atoms with Gasteiger partial charge in [0.1, 0.15) is 5.82 Å². The third-order valence-electron chi connectivity index (χ3n) is 2.86. The van der Waals surface area contributed by atoms with Crippen LogP contribution in [0.5, 0.6) is 0 Å². The van der Waals surface area contributed by atoms with Crippen LogP contribution in [0.4, 0.5) is 0 Å². The molecule has 0 amide bonds. The minimum absolute atomic E-state index is 0.110. The fourth-order valence-electron chi connectivity index (χ4n) is 1.98. The Morgan fingerprint density at radius 3 is 2.79 bits per heavy atom. The molecule has 0 aliphatic heterocycles. The number of hydrogen-bond acceptors (Lipinski definition) is 3. The molecule has 5 nitrogen and oxygen atoms in total. The van der Waals surface area contributed by atoms with Gasteiger partial charge in [0, 0.05) is 23.8 Å². The van der Waals surface area contributed by atoms with Crippen LogP contribution in [-0.4, -0.2) is 19.1 Å². The number of aromatic nitrogens is 4. The molecule has 0 N–H and O–H groups in total. The number of benzene rings is 1. The van der Waals surface area contributed by atoms with Crippen molar-refractivity contribution in [3.8, 4) is 5.82 Å². The topological polar surface area (TPSA) is 52.7 Å². The van der Waals surface area contributed by atoms with Gasteiger partial charge in [-0.2, -0.15) is 4.98 Å². The quantitative estimate of drug-likeness (QED) is 0.640. The predicted octanol–water partition coefficient (Wildman–Crippen LogP) is 2.54. The highest BCUT2D eigenvalue weighted by molar-refractivity contribution is 9.10. The molecule has 7 heteroatoms. The summed E-state index contributed by atoms with van der Waals surface area (Å²) < 4.78 is 3.99. The zero-order valence-corrected chi connectivity index (χ0v) is 12.2. The van der Waals surface area contributed by atoms with Crippen LogP contribution in [0, 0.1) is 0 Å². The summed E-state index contributed by atoms with van der Waals surface area (Å²) in [6.45, 7) is 0. The van der Waals surface area contributed by atoms with Gasteiger partial charge < -0.3 is 0 Å². The predicted molar refractivity (Wildman–Crippen MR) is 76.8 cm³/mol. The highest BCUT2D eigenvalue weighted by Crippen LogP contribution is 2.20. The summed E-state index contributed by atoms with van der Waals surface area (Å²) in [6, 6.07) is 7.27. The summed E-state index contributed by atoms with van der Waals surface area (Å²) in [5, 5.41) is 0.110. The van der Waals surface area contributed by atoms with E-state index in [4.69, 9.17) is 11.6 Å². The van der Waals surface area contributed by atoms with Crippen molar-refractivity contribution in [2.24, 2.45) is 7.05 Å². The summed E-state index contributed by atoms with van der Waals surface area (Å²) in [7, 11) is 1.72. The largest absolute Gasteiger partial charge is 0.334 e. The molecule has 0 aliphatic carbocycles. The van der Waals surface area contributed by atoms with E-state index in [-0.39, 0.29) is 11.0 Å². The van der Waals surface area contributed by atoms with Gasteiger partial charge in [-0.05, 0) is 29.8 Å². The van der Waals surface area contributed by atoms with Gasteiger partial charge in [-0.15, -0.1) is 0 Å². The Hall–Kier alpha value is -1.66. The minimum atomic E-state index is -0.178. The number of rotatable bonds is 1. The van der Waals surface area contributed by atoms with Crippen LogP contribution in [-0.2, 0) is 7.05 Å². The highest BCUT2D eigenvalue weighted by Gasteiger charge is 2.13. The van der Waals surface area contributed by atoms with Gasteiger partial charge in [-0.25, -0.2) is 14.3 Å². The van der Waals surface area contributed by atoms with Crippen molar-refractivity contribution in [2.45, 2.75) is 0 Å². The fraction of sp³-hybridized carbons (Fsp3) is 0.0833. The van der Waals surface area contributed by atoms with E-state index in [1.165, 1.54) is 10.8 Å². The van der Waals surface area contributed by atoms with Crippen LogP contribution >= 0.6 is 27.5 Å². The third-order valence-corrected chi connectivity index (χ3v) is 3.53. The van der Waals surface area contributed by atoms with Gasteiger partial charge in [0.15, 0.2) is 0 Å². The molecule has 96 valence electrons. The Balaban J connectivity index is 2.42. The normalized spacial score (nSPS) is 11.1. The first-order valence-electron chi connectivity index (χ1n) is 5.44. The lowest BCUT2D eigenvalue weighted by Crippen LogP contribution is -2.21. The molecule has 0 unspecified atom stereocenters. The second-order valence-electron chi connectivity index (χ2n) is 3.99. The minimum Gasteiger partial charge on any atom is -0.295 e. The van der Waals surface area contributed by atoms with Crippen LogP contribution in [0.2, 0.25) is 5.28 Å². The van der Waals surface area contributed by atoms with Gasteiger partial charge in [-0.3, -0.25) is 4.57 Å². The van der Waals surface area contributed by atoms with Crippen LogP contribution < -0.4 is 5.69 Å². The van der Waals surface area contributed by atoms with Crippen molar-refractivity contribution in [1.29, 1.82) is 0 Å². The average Bonchev–Trinajstić information content (AvgIpc) is 2.62. The summed E-state index contributed by atoms with van der Waals surface area (Å²) in [6.07, 6.45) is 1.52. The first-order chi connectivity index (χ1) is 9.08. The number of hydrogen-bond donors (Lipinski definition) is 0. The van der Waals surface area contributed by atoms with E-state index >= 15 is 0 Å². The van der Waals surface area contributed by atoms with E-state index in [1.807, 2.05) is 18.2 Å². The molecule has 0 bridgehead atoms. The smallest absolute Gasteiger partial charge is 0.295 e. The van der Waals surface area contributed by atoms with Gasteiger partial charge in [0.2, 0.25) is 5.28 Å². The van der Waals surface area contributed by atoms with Crippen LogP contribution in [0.3, 0.4) is 0 Å². The molecule has 3 aromatic rings. The maximum absolute atomic E-state index is 12.3. The van der Waals surface area contributed by atoms with Crippen molar-refractivity contribution in [3.63, 3.8) is 0 Å². The van der Waals surface area contributed by atoms with Crippen molar-refractivity contribution in [3.05, 3.63) is 50.7 Å². The number of fused-ring (bicyclic) bond motifs is 1. The van der Waals surface area contributed by atoms with Crippen LogP contribution in [0.15, 0.2) is 39.7 Å². The number of imidazole rings is 1. The summed E-state index contributed by atoms with van der Waals surface area (Å²) in [5.74, 6) is 0.456. The molecule has 19 heavy (non-hydrogen) atoms. The Bertz CT molecular complexity index is 839. The van der Waals surface area contributed by atoms with Crippen molar-refractivity contribution in [2.75, 3.05) is 0 Å². The summed E-state index contributed by atoms with van der Waals surface area (Å²) in [4.78, 5) is 20.2. The molecule has 0 fully saturated rings. The zero-order chi connectivity index (χ0) is 13.6. The average molecular weight is 340 g/mol. The Morgan fingerprint density at radius 2 is 2.05 bits per heavy atom. The molecule has 0 aliphatic rings. The number of aryl methyl sites for hydroxylation is 1. The molecule has 0 saturated carbocycles. The van der Waals surface area contributed by atoms with E-state index < -0.39 is 0 Å². The Morgan fingerprint density at radius 1 is 1.26 bits per heavy atom. The van der Waals surface area contributed by atoms with Crippen LogP contribution in [0.25, 0.3) is 16.9 Å². The van der Waals surface area contributed by atoms with Crippen molar-refractivity contribution < 1.29 is 0 Å². The van der Waals surface area contributed by atoms with Gasteiger partial charge >= 0.3 is 5.69 Å². The lowest BCUT2D eigenvalue weighted by molar-refractivity contribution is 0.831. The Kier molecular flexibility index (Phi) is 2.91. The molecule has 1 aromatic carbocycles. The molecular weight excluding hydrogens is 332 g/mol. The molecule has 0 saturated heterocycles. The van der Waals surface area contributed by atoms with Gasteiger partial charge in [0.05, 0.1) is 11.0 Å². The van der Waals surface area contributed by atoms with E-state index in [0.29, 0.717) is 5.82 Å². The van der Waals surface area contributed by atoms with Crippen molar-refractivity contribution in [1.82, 2.24) is 19.1 Å². The summed E-state index contributed by atoms with van der Waals surface area (Å²) in [5.41, 5.74) is 1.41. The van der Waals surface area contributed by atoms with E-state index in [1.54, 1.807) is 17.7 Å². The molecule has 2 aromatic heterocycles. The maximum Gasteiger partial charge on any atom is 0.334 e. The van der Waals surface area contributed by atoms with Crippen LogP contribution in [0.1, 0.15) is 0 Å². The van der Waals surface area contributed by atoms with Crippen molar-refractivity contribution >= 4 is 38.6 Å². The standard InChI is InChI=1S/C12H8BrClN4O/c1-17-9-6-7(13)2-3-8(9)18(12(17)19)10-4-5-15-11(14)16-10/h2-6H,1H3. The lowest BCUT2D eigenvalue weighted by Gasteiger charge is -2.01. The molecule has 2 heterocycles. The first kappa shape index (κ1) is 12.4. The van der Waals surface area contributed by atoms with Gasteiger partial charge in [0.25, 0.3) is 0 Å². The summed E-state index contributed by atoms with van der Waals surface area (Å²) >= 11 is 9.18. The fourth-order valence-corrected chi connectivity index (χ4v) is 2.47. The lowest BCUT2D eigenvalue weighted by atomic mass is 10.3. The van der Waals surface area contributed by atoms with E-state index in [2.05, 4.69) is 25.9 Å². The second-order valence-corrected chi connectivity index (χ2v) is 5.25. The van der Waals surface area contributed by atoms with Gasteiger partial charge in [-0.1, -0.05) is 15.9 Å². The first-order valence-corrected chi connectivity index (χ1v) is 6.61. The third kappa shape index (κ3) is 1.97. The molecular formula is C12H8BrClN4O.